The summed E-state index contributed by atoms with van der Waals surface area (Å²) in [6.45, 7) is 5.17. The van der Waals surface area contributed by atoms with Crippen LogP contribution in [0.1, 0.15) is 18.1 Å². The Labute approximate surface area is 145 Å². The molecule has 0 aliphatic heterocycles. The third-order valence-electron chi connectivity index (χ3n) is 3.60. The van der Waals surface area contributed by atoms with Gasteiger partial charge in [-0.2, -0.15) is 0 Å². The molecule has 25 heavy (non-hydrogen) atoms. The van der Waals surface area contributed by atoms with Crippen molar-refractivity contribution in [3.05, 3.63) is 57.6 Å². The van der Waals surface area contributed by atoms with Crippen molar-refractivity contribution in [1.29, 1.82) is 0 Å². The molecule has 0 aliphatic rings. The molecular weight excluding hydrogens is 324 g/mol. The second kappa shape index (κ2) is 7.65. The number of nitrogens with one attached hydrogen (secondary N) is 1. The monoisotopic (exact) mass is 344 g/mol. The van der Waals surface area contributed by atoms with Gasteiger partial charge >= 0.3 is 5.69 Å². The Morgan fingerprint density at radius 3 is 2.32 bits per heavy atom. The molecule has 1 atom stereocenters. The summed E-state index contributed by atoms with van der Waals surface area (Å²) in [6.07, 6.45) is -0.924. The first-order valence-electron chi connectivity index (χ1n) is 7.69. The van der Waals surface area contributed by atoms with Crippen LogP contribution in [0.25, 0.3) is 0 Å². The number of hydrogen-bond donors (Lipinski definition) is 1. The molecule has 0 bridgehead atoms. The number of carbonyl (C=O) groups excluding carboxylic acids is 1. The standard InChI is InChI=1S/C18H20N2O5/c1-11-5-7-16(24-4)14(9-11)19-18(21)13(3)25-17-8-6-12(2)10-15(17)20(22)23/h5-10,13H,1-4H3,(H,19,21)/t13-/m1/s1. The Hall–Kier alpha value is -3.09. The molecule has 0 spiro atoms. The minimum atomic E-state index is -0.924. The number of rotatable bonds is 6. The molecule has 2 aromatic carbocycles. The van der Waals surface area contributed by atoms with Crippen LogP contribution in [-0.4, -0.2) is 24.0 Å². The highest BCUT2D eigenvalue weighted by molar-refractivity contribution is 5.95. The Morgan fingerprint density at radius 2 is 1.72 bits per heavy atom. The minimum absolute atomic E-state index is 0.0504. The number of methoxy groups -OCH3 is 1. The van der Waals surface area contributed by atoms with E-state index in [1.807, 2.05) is 13.0 Å². The molecular formula is C18H20N2O5. The molecule has 1 amide bonds. The van der Waals surface area contributed by atoms with Crippen LogP contribution in [0.4, 0.5) is 11.4 Å². The Bertz CT molecular complexity index is 804. The van der Waals surface area contributed by atoms with E-state index in [0.29, 0.717) is 11.4 Å². The second-order valence-corrected chi connectivity index (χ2v) is 5.68. The van der Waals surface area contributed by atoms with Crippen LogP contribution in [0.2, 0.25) is 0 Å². The lowest BCUT2D eigenvalue weighted by Crippen LogP contribution is -2.30. The van der Waals surface area contributed by atoms with Crippen molar-refractivity contribution in [3.63, 3.8) is 0 Å². The third-order valence-corrected chi connectivity index (χ3v) is 3.60. The van der Waals surface area contributed by atoms with Crippen LogP contribution in [-0.2, 0) is 4.79 Å². The number of nitro benzene ring substituents is 1. The number of aryl methyl sites for hydroxylation is 2. The van der Waals surface area contributed by atoms with E-state index < -0.39 is 16.9 Å². The summed E-state index contributed by atoms with van der Waals surface area (Å²) in [6, 6.07) is 9.98. The lowest BCUT2D eigenvalue weighted by atomic mass is 10.2. The molecule has 0 aromatic heterocycles. The summed E-state index contributed by atoms with van der Waals surface area (Å²) in [5.74, 6) is 0.140. The lowest BCUT2D eigenvalue weighted by Gasteiger charge is -2.16. The van der Waals surface area contributed by atoms with Crippen molar-refractivity contribution in [2.24, 2.45) is 0 Å². The number of ether oxygens (including phenoxy) is 2. The van der Waals surface area contributed by atoms with Gasteiger partial charge < -0.3 is 14.8 Å². The number of nitro groups is 1. The van der Waals surface area contributed by atoms with Crippen LogP contribution >= 0.6 is 0 Å². The third kappa shape index (κ3) is 4.47. The fourth-order valence-electron chi connectivity index (χ4n) is 2.27. The lowest BCUT2D eigenvalue weighted by molar-refractivity contribution is -0.386. The molecule has 2 aromatic rings. The van der Waals surface area contributed by atoms with Gasteiger partial charge in [0.1, 0.15) is 5.75 Å². The van der Waals surface area contributed by atoms with Crippen LogP contribution in [0, 0.1) is 24.0 Å². The smallest absolute Gasteiger partial charge is 0.311 e. The van der Waals surface area contributed by atoms with Crippen molar-refractivity contribution in [1.82, 2.24) is 0 Å². The summed E-state index contributed by atoms with van der Waals surface area (Å²) >= 11 is 0. The highest BCUT2D eigenvalue weighted by Gasteiger charge is 2.22. The first kappa shape index (κ1) is 18.3. The Kier molecular flexibility index (Phi) is 5.59. The Morgan fingerprint density at radius 1 is 1.12 bits per heavy atom. The topological polar surface area (TPSA) is 90.7 Å². The maximum Gasteiger partial charge on any atom is 0.311 e. The van der Waals surface area contributed by atoms with Gasteiger partial charge in [-0.15, -0.1) is 0 Å². The SMILES string of the molecule is COc1ccc(C)cc1NC(=O)[C@@H](C)Oc1ccc(C)cc1[N+](=O)[O-]. The molecule has 132 valence electrons. The maximum absolute atomic E-state index is 12.4. The van der Waals surface area contributed by atoms with Crippen LogP contribution < -0.4 is 14.8 Å². The zero-order valence-electron chi connectivity index (χ0n) is 14.5. The van der Waals surface area contributed by atoms with E-state index in [9.17, 15) is 14.9 Å². The van der Waals surface area contributed by atoms with E-state index in [1.165, 1.54) is 26.2 Å². The van der Waals surface area contributed by atoms with Crippen molar-refractivity contribution in [2.75, 3.05) is 12.4 Å². The molecule has 0 radical (unpaired) electrons. The van der Waals surface area contributed by atoms with E-state index in [2.05, 4.69) is 5.32 Å². The highest BCUT2D eigenvalue weighted by atomic mass is 16.6. The van der Waals surface area contributed by atoms with E-state index >= 15 is 0 Å². The van der Waals surface area contributed by atoms with Crippen molar-refractivity contribution in [2.45, 2.75) is 26.9 Å². The molecule has 7 heteroatoms. The number of benzene rings is 2. The van der Waals surface area contributed by atoms with Gasteiger partial charge in [0.05, 0.1) is 17.7 Å². The molecule has 2 rings (SSSR count). The largest absolute Gasteiger partial charge is 0.495 e. The number of carbonyl (C=O) groups is 1. The zero-order valence-corrected chi connectivity index (χ0v) is 14.5. The van der Waals surface area contributed by atoms with Gasteiger partial charge in [-0.05, 0) is 50.1 Å². The quantitative estimate of drug-likeness (QED) is 0.638. The minimum Gasteiger partial charge on any atom is -0.495 e. The predicted octanol–water partition coefficient (Wildman–Crippen LogP) is 3.63. The van der Waals surface area contributed by atoms with Crippen LogP contribution in [0.5, 0.6) is 11.5 Å². The molecule has 0 aliphatic carbocycles. The normalized spacial score (nSPS) is 11.5. The van der Waals surface area contributed by atoms with E-state index in [0.717, 1.165) is 11.1 Å². The molecule has 1 N–H and O–H groups in total. The predicted molar refractivity (Wildman–Crippen MR) is 94.3 cm³/mol. The van der Waals surface area contributed by atoms with Gasteiger partial charge in [0, 0.05) is 6.07 Å². The average Bonchev–Trinajstić information content (AvgIpc) is 2.56. The molecule has 0 fully saturated rings. The molecule has 0 unspecified atom stereocenters. The fourth-order valence-corrected chi connectivity index (χ4v) is 2.27. The second-order valence-electron chi connectivity index (χ2n) is 5.68. The molecule has 7 nitrogen and oxygen atoms in total. The van der Waals surface area contributed by atoms with Crippen molar-refractivity contribution < 1.29 is 19.2 Å². The van der Waals surface area contributed by atoms with Gasteiger partial charge in [0.25, 0.3) is 5.91 Å². The van der Waals surface area contributed by atoms with Crippen LogP contribution in [0.15, 0.2) is 36.4 Å². The van der Waals surface area contributed by atoms with Gasteiger partial charge in [-0.1, -0.05) is 12.1 Å². The summed E-state index contributed by atoms with van der Waals surface area (Å²) in [7, 11) is 1.51. The van der Waals surface area contributed by atoms with Crippen LogP contribution in [0.3, 0.4) is 0 Å². The van der Waals surface area contributed by atoms with Gasteiger partial charge in [0.2, 0.25) is 0 Å². The number of nitrogens with zero attached hydrogens (tertiary/aromatic N) is 1. The Balaban J connectivity index is 2.17. The molecule has 0 saturated carbocycles. The summed E-state index contributed by atoms with van der Waals surface area (Å²) in [5, 5.41) is 13.9. The summed E-state index contributed by atoms with van der Waals surface area (Å²) in [4.78, 5) is 23.0. The van der Waals surface area contributed by atoms with Gasteiger partial charge in [-0.25, -0.2) is 0 Å². The zero-order chi connectivity index (χ0) is 18.6. The van der Waals surface area contributed by atoms with E-state index in [4.69, 9.17) is 9.47 Å². The first-order valence-corrected chi connectivity index (χ1v) is 7.69. The van der Waals surface area contributed by atoms with Crippen molar-refractivity contribution >= 4 is 17.3 Å². The van der Waals surface area contributed by atoms with Gasteiger partial charge in [-0.3, -0.25) is 14.9 Å². The number of amides is 1. The molecule has 0 saturated heterocycles. The highest BCUT2D eigenvalue weighted by Crippen LogP contribution is 2.29. The van der Waals surface area contributed by atoms with Gasteiger partial charge in [0.15, 0.2) is 11.9 Å². The summed E-state index contributed by atoms with van der Waals surface area (Å²) in [5.41, 5.74) is 2.04. The van der Waals surface area contributed by atoms with E-state index in [-0.39, 0.29) is 11.4 Å². The first-order chi connectivity index (χ1) is 11.8. The maximum atomic E-state index is 12.4. The number of anilines is 1. The van der Waals surface area contributed by atoms with Crippen molar-refractivity contribution in [3.8, 4) is 11.5 Å². The van der Waals surface area contributed by atoms with E-state index in [1.54, 1.807) is 25.1 Å². The summed E-state index contributed by atoms with van der Waals surface area (Å²) < 4.78 is 10.7. The molecule has 0 heterocycles. The number of hydrogen-bond acceptors (Lipinski definition) is 5. The average molecular weight is 344 g/mol. The fraction of sp³-hybridized carbons (Fsp3) is 0.278.